The summed E-state index contributed by atoms with van der Waals surface area (Å²) in [7, 11) is 1.55. The summed E-state index contributed by atoms with van der Waals surface area (Å²) >= 11 is 0. The van der Waals surface area contributed by atoms with E-state index in [0.29, 0.717) is 5.75 Å². The molecule has 0 bridgehead atoms. The Morgan fingerprint density at radius 3 is 2.09 bits per heavy atom. The van der Waals surface area contributed by atoms with Gasteiger partial charge in [0.2, 0.25) is 5.91 Å². The fourth-order valence-corrected chi connectivity index (χ4v) is 4.73. The second-order valence-electron chi connectivity index (χ2n) is 11.2. The molecule has 10 nitrogen and oxygen atoms in total. The number of aromatic hydroxyl groups is 1. The quantitative estimate of drug-likeness (QED) is 0.211. The Labute approximate surface area is 264 Å². The normalized spacial score (nSPS) is 17.0. The minimum atomic E-state index is -0.991. The maximum atomic E-state index is 13.8. The Hall–Kier alpha value is -4.70. The molecule has 0 aliphatic carbocycles. The third-order valence-corrected chi connectivity index (χ3v) is 7.60. The minimum absolute atomic E-state index is 0. The topological polar surface area (TPSA) is 144 Å². The van der Waals surface area contributed by atoms with E-state index < -0.39 is 35.6 Å². The average molecular weight is 619 g/mol. The molecule has 4 rings (SSSR count). The molecular formula is C35H42N2O8. The van der Waals surface area contributed by atoms with E-state index in [-0.39, 0.29) is 57.2 Å². The Balaban J connectivity index is 0.00000552. The second kappa shape index (κ2) is 15.9. The summed E-state index contributed by atoms with van der Waals surface area (Å²) in [6.07, 6.45) is -0.548. The van der Waals surface area contributed by atoms with Gasteiger partial charge in [-0.3, -0.25) is 14.4 Å². The van der Waals surface area contributed by atoms with Gasteiger partial charge in [-0.1, -0.05) is 62.0 Å². The lowest BCUT2D eigenvalue weighted by Gasteiger charge is -2.24. The minimum Gasteiger partial charge on any atom is -0.508 e. The zero-order valence-corrected chi connectivity index (χ0v) is 25.1. The number of benzene rings is 3. The molecule has 3 N–H and O–H groups in total. The predicted molar refractivity (Wildman–Crippen MR) is 169 cm³/mol. The van der Waals surface area contributed by atoms with Crippen LogP contribution in [0, 0.1) is 5.92 Å². The highest BCUT2D eigenvalue weighted by Crippen LogP contribution is 2.29. The van der Waals surface area contributed by atoms with Crippen LogP contribution >= 0.6 is 0 Å². The molecule has 2 amide bonds. The standard InChI is InChI=1S/C34H38N2O8.CH4/c1-22(35-33(41)43-20-25-7-5-4-6-8-25)30(38)19-26(17-23-11-15-28(42-3)16-12-23)32(40)36-29(31(39)34(2)21-44-34)18-24-9-13-27(37)14-10-24;/h4-16,22,26,29,37H,17-21H2,1-3H3,(H,35,41)(H,36,40);1H4/t22-,26?,29+,34?;/m1./s1. The molecule has 0 saturated carbocycles. The number of ether oxygens (including phenoxy) is 3. The number of hydrogen-bond acceptors (Lipinski definition) is 8. The van der Waals surface area contributed by atoms with Crippen LogP contribution in [0.1, 0.15) is 44.4 Å². The van der Waals surface area contributed by atoms with Gasteiger partial charge in [-0.05, 0) is 67.6 Å². The molecule has 45 heavy (non-hydrogen) atoms. The largest absolute Gasteiger partial charge is 0.508 e. The molecule has 1 aliphatic heterocycles. The van der Waals surface area contributed by atoms with E-state index in [1.807, 2.05) is 42.5 Å². The zero-order valence-electron chi connectivity index (χ0n) is 25.1. The highest BCUT2D eigenvalue weighted by atomic mass is 16.6. The molecule has 10 heteroatoms. The molecule has 3 aromatic carbocycles. The van der Waals surface area contributed by atoms with Gasteiger partial charge in [0, 0.05) is 12.3 Å². The number of carbonyl (C=O) groups excluding carboxylic acids is 4. The van der Waals surface area contributed by atoms with Crippen LogP contribution in [0.3, 0.4) is 0 Å². The molecule has 4 atom stereocenters. The molecule has 240 valence electrons. The highest BCUT2D eigenvalue weighted by molar-refractivity contribution is 5.98. The third kappa shape index (κ3) is 10.2. The fraction of sp³-hybridized carbons (Fsp3) is 0.371. The number of phenols is 1. The molecule has 0 radical (unpaired) electrons. The first kappa shape index (κ1) is 34.8. The van der Waals surface area contributed by atoms with E-state index in [1.54, 1.807) is 38.3 Å². The Morgan fingerprint density at radius 1 is 0.889 bits per heavy atom. The molecule has 3 aromatic rings. The summed E-state index contributed by atoms with van der Waals surface area (Å²) in [5.41, 5.74) is 1.34. The number of rotatable bonds is 15. The van der Waals surface area contributed by atoms with E-state index >= 15 is 0 Å². The van der Waals surface area contributed by atoms with Crippen LogP contribution in [0.15, 0.2) is 78.9 Å². The van der Waals surface area contributed by atoms with Crippen LogP contribution in [-0.4, -0.2) is 60.1 Å². The van der Waals surface area contributed by atoms with Gasteiger partial charge < -0.3 is 30.0 Å². The molecule has 2 unspecified atom stereocenters. The van der Waals surface area contributed by atoms with E-state index in [0.717, 1.165) is 16.7 Å². The van der Waals surface area contributed by atoms with Crippen molar-refractivity contribution >= 4 is 23.6 Å². The molecule has 0 aromatic heterocycles. The van der Waals surface area contributed by atoms with Gasteiger partial charge in [-0.15, -0.1) is 0 Å². The number of phenolic OH excluding ortho intramolecular Hbond substituents is 1. The number of amides is 2. The predicted octanol–water partition coefficient (Wildman–Crippen LogP) is 4.56. The molecular weight excluding hydrogens is 576 g/mol. The number of methoxy groups -OCH3 is 1. The molecule has 0 spiro atoms. The average Bonchev–Trinajstić information content (AvgIpc) is 3.79. The number of carbonyl (C=O) groups is 4. The van der Waals surface area contributed by atoms with Crippen molar-refractivity contribution < 1.29 is 38.5 Å². The summed E-state index contributed by atoms with van der Waals surface area (Å²) in [6, 6.07) is 20.9. The summed E-state index contributed by atoms with van der Waals surface area (Å²) in [4.78, 5) is 52.8. The SMILES string of the molecule is C.COc1ccc(CC(CC(=O)[C@@H](C)NC(=O)OCc2ccccc2)C(=O)N[C@@H](Cc2ccc(O)cc2)C(=O)C2(C)CO2)cc1. The van der Waals surface area contributed by atoms with E-state index in [2.05, 4.69) is 10.6 Å². The van der Waals surface area contributed by atoms with Gasteiger partial charge in [0.25, 0.3) is 0 Å². The van der Waals surface area contributed by atoms with Crippen LogP contribution in [-0.2, 0) is 43.3 Å². The van der Waals surface area contributed by atoms with E-state index in [4.69, 9.17) is 14.2 Å². The molecule has 1 fully saturated rings. The number of epoxide rings is 1. The summed E-state index contributed by atoms with van der Waals surface area (Å²) in [5.74, 6) is -1.23. The summed E-state index contributed by atoms with van der Waals surface area (Å²) in [6.45, 7) is 3.52. The fourth-order valence-electron chi connectivity index (χ4n) is 4.73. The van der Waals surface area contributed by atoms with Crippen molar-refractivity contribution in [3.8, 4) is 11.5 Å². The monoisotopic (exact) mass is 618 g/mol. The Kier molecular flexibility index (Phi) is 12.3. The first-order valence-electron chi connectivity index (χ1n) is 14.5. The van der Waals surface area contributed by atoms with Gasteiger partial charge in [0.15, 0.2) is 11.6 Å². The van der Waals surface area contributed by atoms with Crippen molar-refractivity contribution in [2.24, 2.45) is 5.92 Å². The van der Waals surface area contributed by atoms with E-state index in [9.17, 15) is 24.3 Å². The van der Waals surface area contributed by atoms with Crippen molar-refractivity contribution in [3.05, 3.63) is 95.6 Å². The van der Waals surface area contributed by atoms with Crippen molar-refractivity contribution in [2.75, 3.05) is 13.7 Å². The van der Waals surface area contributed by atoms with Gasteiger partial charge in [0.05, 0.1) is 25.8 Å². The second-order valence-corrected chi connectivity index (χ2v) is 11.2. The number of Topliss-reactive ketones (excluding diaryl/α,β-unsaturated/α-hetero) is 2. The number of nitrogens with one attached hydrogen (secondary N) is 2. The lowest BCUT2D eigenvalue weighted by atomic mass is 9.89. The third-order valence-electron chi connectivity index (χ3n) is 7.60. The van der Waals surface area contributed by atoms with Crippen molar-refractivity contribution in [1.29, 1.82) is 0 Å². The molecule has 1 saturated heterocycles. The lowest BCUT2D eigenvalue weighted by Crippen LogP contribution is -2.50. The van der Waals surface area contributed by atoms with Gasteiger partial charge >= 0.3 is 6.09 Å². The first-order chi connectivity index (χ1) is 21.1. The number of hydrogen-bond donors (Lipinski definition) is 3. The van der Waals surface area contributed by atoms with Crippen LogP contribution in [0.5, 0.6) is 11.5 Å². The number of alkyl carbamates (subject to hydrolysis) is 1. The summed E-state index contributed by atoms with van der Waals surface area (Å²) < 4.78 is 15.9. The molecule has 1 heterocycles. The maximum Gasteiger partial charge on any atom is 0.408 e. The Bertz CT molecular complexity index is 1440. The van der Waals surface area contributed by atoms with Crippen molar-refractivity contribution in [3.63, 3.8) is 0 Å². The van der Waals surface area contributed by atoms with Crippen LogP contribution in [0.4, 0.5) is 4.79 Å². The smallest absolute Gasteiger partial charge is 0.408 e. The maximum absolute atomic E-state index is 13.8. The van der Waals surface area contributed by atoms with E-state index in [1.165, 1.54) is 19.1 Å². The van der Waals surface area contributed by atoms with Crippen molar-refractivity contribution in [2.45, 2.75) is 64.8 Å². The Morgan fingerprint density at radius 2 is 1.49 bits per heavy atom. The first-order valence-corrected chi connectivity index (χ1v) is 14.5. The van der Waals surface area contributed by atoms with Gasteiger partial charge in [-0.25, -0.2) is 4.79 Å². The van der Waals surface area contributed by atoms with Crippen molar-refractivity contribution in [1.82, 2.24) is 10.6 Å². The van der Waals surface area contributed by atoms with Crippen LogP contribution < -0.4 is 15.4 Å². The lowest BCUT2D eigenvalue weighted by molar-refractivity contribution is -0.134. The number of ketones is 2. The van der Waals surface area contributed by atoms with Gasteiger partial charge in [0.1, 0.15) is 23.7 Å². The highest BCUT2D eigenvalue weighted by Gasteiger charge is 2.50. The molecule has 1 aliphatic rings. The van der Waals surface area contributed by atoms with Crippen LogP contribution in [0.2, 0.25) is 0 Å². The summed E-state index contributed by atoms with van der Waals surface area (Å²) in [5, 5.41) is 15.1. The van der Waals surface area contributed by atoms with Gasteiger partial charge in [-0.2, -0.15) is 0 Å². The zero-order chi connectivity index (χ0) is 31.7. The van der Waals surface area contributed by atoms with Crippen LogP contribution in [0.25, 0.3) is 0 Å².